The molecule has 4 fully saturated rings. The molecule has 9 N–H and O–H groups in total. The number of phenols is 1. The molecule has 16 aromatic rings. The van der Waals surface area contributed by atoms with Crippen LogP contribution >= 0.6 is 0 Å². The highest BCUT2D eigenvalue weighted by Crippen LogP contribution is 2.36. The van der Waals surface area contributed by atoms with E-state index in [-0.39, 0.29) is 52.2 Å². The molecule has 0 radical (unpaired) electrons. The molecule has 0 bridgehead atoms. The fourth-order valence-corrected chi connectivity index (χ4v) is 17.0. The average Bonchev–Trinajstić information content (AvgIpc) is 1.63. The Morgan fingerprint density at radius 3 is 1.09 bits per heavy atom. The molecule has 130 heavy (non-hydrogen) atoms. The molecule has 20 rings (SSSR count). The Bertz CT molecular complexity index is 6730. The highest BCUT2D eigenvalue weighted by molar-refractivity contribution is 6.15. The van der Waals surface area contributed by atoms with Gasteiger partial charge in [-0.1, -0.05) is 61.9 Å². The van der Waals surface area contributed by atoms with E-state index in [0.717, 1.165) is 112 Å². The lowest BCUT2D eigenvalue weighted by Gasteiger charge is -2.34. The average molecular weight is 1760 g/mol. The number of benzene rings is 8. The summed E-state index contributed by atoms with van der Waals surface area (Å²) in [4.78, 5) is 61.3. The van der Waals surface area contributed by atoms with E-state index in [4.69, 9.17) is 0 Å². The van der Waals surface area contributed by atoms with Crippen molar-refractivity contribution in [2.24, 2.45) is 34.1 Å². The maximum Gasteiger partial charge on any atom is 0.276 e. The molecule has 4 aliphatic heterocycles. The van der Waals surface area contributed by atoms with E-state index in [1.165, 1.54) is 74.3 Å². The maximum absolute atomic E-state index is 14.6. The Labute approximate surface area is 746 Å². The van der Waals surface area contributed by atoms with Gasteiger partial charge in [-0.15, -0.1) is 0 Å². The number of aryl methyl sites for hydroxylation is 4. The van der Waals surface area contributed by atoms with E-state index >= 15 is 0 Å². The van der Waals surface area contributed by atoms with Gasteiger partial charge in [-0.25, -0.2) is 17.6 Å². The number of H-pyrrole nitrogens is 4. The molecule has 4 amide bonds. The number of aromatic amines is 4. The van der Waals surface area contributed by atoms with Crippen molar-refractivity contribution in [3.63, 3.8) is 0 Å². The summed E-state index contributed by atoms with van der Waals surface area (Å²) in [7, 11) is 7.17. The van der Waals surface area contributed by atoms with Gasteiger partial charge in [-0.3, -0.25) is 77.9 Å². The van der Waals surface area contributed by atoms with Gasteiger partial charge in [0.05, 0.1) is 52.5 Å². The first kappa shape index (κ1) is 87.8. The number of piperidine rings is 3. The number of aromatic hydroxyl groups is 1. The van der Waals surface area contributed by atoms with Crippen LogP contribution < -0.4 is 21.3 Å². The smallest absolute Gasteiger partial charge is 0.276 e. The van der Waals surface area contributed by atoms with Crippen LogP contribution in [-0.2, 0) is 54.4 Å². The van der Waals surface area contributed by atoms with Crippen LogP contribution in [-0.4, -0.2) is 186 Å². The van der Waals surface area contributed by atoms with Crippen molar-refractivity contribution in [3.8, 4) is 50.3 Å². The molecule has 8 aromatic heterocycles. The van der Waals surface area contributed by atoms with Crippen LogP contribution in [0, 0.1) is 23.4 Å². The van der Waals surface area contributed by atoms with Crippen LogP contribution in [0.3, 0.4) is 0 Å². The van der Waals surface area contributed by atoms with Crippen molar-refractivity contribution >= 4 is 90.0 Å². The van der Waals surface area contributed by atoms with Gasteiger partial charge >= 0.3 is 0 Å². The topological polar surface area (TPSA) is 336 Å². The third-order valence-electron chi connectivity index (χ3n) is 24.5. The number of hydrogen-bond donors (Lipinski definition) is 9. The predicted molar refractivity (Wildman–Crippen MR) is 494 cm³/mol. The molecule has 4 aliphatic rings. The van der Waals surface area contributed by atoms with E-state index in [1.807, 2.05) is 110 Å². The molecule has 0 atom stereocenters. The van der Waals surface area contributed by atoms with E-state index < -0.39 is 23.1 Å². The zero-order chi connectivity index (χ0) is 90.3. The fourth-order valence-electron chi connectivity index (χ4n) is 17.0. The van der Waals surface area contributed by atoms with Crippen LogP contribution in [0.2, 0.25) is 0 Å². The largest absolute Gasteiger partial charge is 0.506 e. The van der Waals surface area contributed by atoms with Crippen LogP contribution in [0.5, 0.6) is 5.75 Å². The van der Waals surface area contributed by atoms with Crippen molar-refractivity contribution < 1.29 is 41.8 Å². The minimum Gasteiger partial charge on any atom is -0.506 e. The van der Waals surface area contributed by atoms with Crippen molar-refractivity contribution in [2.75, 3.05) is 73.6 Å². The number of nitrogens with zero attached hydrogens (tertiary/aromatic N) is 16. The van der Waals surface area contributed by atoms with Crippen molar-refractivity contribution in [1.29, 1.82) is 0 Å². The third kappa shape index (κ3) is 20.9. The van der Waals surface area contributed by atoms with E-state index in [1.54, 1.807) is 121 Å². The SMILES string of the molecule is CC1CCN(Cc2ccc(NC(=O)c3n[nH]c4cc(F)c(-c5cnn(C)c5)cc34)cc2)CC1.Cn1cc(-c2cc3c(C(=O)Nc4ccc(CN5CCC(C)(F)CC5)cc4)n[nH]c3cc2F)cn1.Cn1cc(-c2cc3c(C(=O)Nc4ccc(CN5CCCCC5)cc4)n[nH]c3cc2F)cn1.Cn1cc(-c2ccc3[nH]nc(C(=O)Nc4ccc(CN5CCCC5)cc4O)c3c2)cn1. The van der Waals surface area contributed by atoms with Crippen LogP contribution in [0.25, 0.3) is 88.1 Å². The van der Waals surface area contributed by atoms with Gasteiger partial charge in [-0.2, -0.15) is 40.8 Å². The van der Waals surface area contributed by atoms with Crippen LogP contribution in [0.1, 0.15) is 136 Å². The number of nitrogens with one attached hydrogen (secondary N) is 8. The zero-order valence-electron chi connectivity index (χ0n) is 73.1. The van der Waals surface area contributed by atoms with E-state index in [9.17, 15) is 41.8 Å². The normalized spacial score (nSPS) is 15.1. The standard InChI is InChI=1S/C25H26F2N6O.C25H27FN6O.C24H25FN6O.C23H24N6O2/c1-25(27)7-9-33(10-8-25)14-16-3-5-18(6-4-16)29-24(34)23-20-11-19(17-13-28-32(2)15-17)21(26)12-22(20)30-31-23;1-16-7-9-32(10-8-16)14-17-3-5-19(6-4-17)28-25(33)24-21-11-20(18-13-27-31(2)15-18)22(26)12-23(21)29-30-24;1-30-15-17(13-26-30)19-11-20-22(12-21(19)25)28-29-23(20)24(32)27-18-7-5-16(6-8-18)14-31-9-3-2-4-10-31;1-28-14-17(12-24-28)16-5-7-19-18(11-16)22(27-26-19)23(31)25-20-6-4-15(10-21(20)30)13-29-8-2-3-9-29/h3-6,11-13,15H,7-10,14H2,1-2H3,(H,29,34)(H,30,31);3-6,11-13,15-16H,7-10,14H2,1-2H3,(H,28,33)(H,29,30);5-8,11-13,15H,2-4,9-10,14H2,1H3,(H,27,32)(H,28,29);4-7,10-12,14,30H,2-3,8-9,13H2,1H3,(H,25,31)(H,26,27). The summed E-state index contributed by atoms with van der Waals surface area (Å²) < 4.78 is 64.4. The first-order valence-electron chi connectivity index (χ1n) is 43.8. The molecule has 0 spiro atoms. The van der Waals surface area contributed by atoms with Gasteiger partial charge in [-0.05, 0) is 210 Å². The molecule has 8 aromatic carbocycles. The monoisotopic (exact) mass is 1760 g/mol. The molecular weight excluding hydrogens is 1660 g/mol. The Balaban J connectivity index is 0.000000122. The highest BCUT2D eigenvalue weighted by Gasteiger charge is 2.31. The number of halogens is 4. The Hall–Kier alpha value is -14.3. The molecule has 4 saturated heterocycles. The number of aromatic nitrogens is 16. The van der Waals surface area contributed by atoms with Gasteiger partial charge in [0.2, 0.25) is 0 Å². The van der Waals surface area contributed by atoms with Crippen molar-refractivity contribution in [3.05, 3.63) is 258 Å². The number of fused-ring (bicyclic) bond motifs is 4. The van der Waals surface area contributed by atoms with Gasteiger partial charge < -0.3 is 26.4 Å². The van der Waals surface area contributed by atoms with Crippen molar-refractivity contribution in [1.82, 2.24) is 99.5 Å². The number of hydrogen-bond acceptors (Lipinski definition) is 17. The first-order valence-corrected chi connectivity index (χ1v) is 43.8. The summed E-state index contributed by atoms with van der Waals surface area (Å²) >= 11 is 0. The number of rotatable bonds is 20. The lowest BCUT2D eigenvalue weighted by Crippen LogP contribution is -2.39. The van der Waals surface area contributed by atoms with Gasteiger partial charge in [0.1, 0.15) is 28.9 Å². The molecular formula is C97H102F4N24O5. The number of anilines is 4. The molecule has 0 unspecified atom stereocenters. The van der Waals surface area contributed by atoms with Gasteiger partial charge in [0, 0.05) is 188 Å². The first-order chi connectivity index (χ1) is 62.9. The molecule has 29 nitrogen and oxygen atoms in total. The summed E-state index contributed by atoms with van der Waals surface area (Å²) in [6.45, 7) is 15.6. The minimum absolute atomic E-state index is 0.0564. The van der Waals surface area contributed by atoms with Crippen LogP contribution in [0.4, 0.5) is 40.3 Å². The number of carbonyl (C=O) groups excluding carboxylic acids is 4. The van der Waals surface area contributed by atoms with E-state index in [0.29, 0.717) is 107 Å². The van der Waals surface area contributed by atoms with E-state index in [2.05, 4.69) is 109 Å². The van der Waals surface area contributed by atoms with Gasteiger partial charge in [0.25, 0.3) is 23.6 Å². The summed E-state index contributed by atoms with van der Waals surface area (Å²) in [6, 6.07) is 43.6. The summed E-state index contributed by atoms with van der Waals surface area (Å²) in [5, 5.41) is 68.5. The van der Waals surface area contributed by atoms with Crippen molar-refractivity contribution in [2.45, 2.75) is 103 Å². The molecule has 0 aliphatic carbocycles. The Kier molecular flexibility index (Phi) is 26.2. The number of phenolic OH excluding ortho intramolecular Hbond substituents is 1. The number of carbonyl (C=O) groups is 4. The minimum atomic E-state index is -1.06. The Morgan fingerprint density at radius 1 is 0.385 bits per heavy atom. The lowest BCUT2D eigenvalue weighted by atomic mass is 9.95. The van der Waals surface area contributed by atoms with Gasteiger partial charge in [0.15, 0.2) is 22.8 Å². The number of alkyl halides is 1. The summed E-state index contributed by atoms with van der Waals surface area (Å²) in [6.07, 6.45) is 23.5. The second-order valence-corrected chi connectivity index (χ2v) is 34.5. The highest BCUT2D eigenvalue weighted by atomic mass is 19.1. The number of likely N-dealkylation sites (tertiary alicyclic amines) is 4. The molecule has 33 heteroatoms. The summed E-state index contributed by atoms with van der Waals surface area (Å²) in [5.74, 6) is -1.80. The quantitative estimate of drug-likeness (QED) is 0.0253. The van der Waals surface area contributed by atoms with Crippen LogP contribution in [0.15, 0.2) is 195 Å². The maximum atomic E-state index is 14.6. The second kappa shape index (κ2) is 38.7. The zero-order valence-corrected chi connectivity index (χ0v) is 73.1. The Morgan fingerprint density at radius 2 is 0.715 bits per heavy atom. The number of amides is 4. The second-order valence-electron chi connectivity index (χ2n) is 34.5. The molecule has 668 valence electrons. The lowest BCUT2D eigenvalue weighted by molar-refractivity contribution is 0.0704. The predicted octanol–water partition coefficient (Wildman–Crippen LogP) is 17.1. The third-order valence-corrected chi connectivity index (χ3v) is 24.5. The fraction of sp³-hybridized carbons (Fsp3) is 0.299. The summed E-state index contributed by atoms with van der Waals surface area (Å²) in [5.41, 5.74) is 13.9. The molecule has 0 saturated carbocycles. The molecule has 12 heterocycles.